The third kappa shape index (κ3) is 6.39. The smallest absolute Gasteiger partial charge is 0.344 e. The molecule has 0 bridgehead atoms. The van der Waals surface area contributed by atoms with Crippen LogP contribution in [0.2, 0.25) is 0 Å². The van der Waals surface area contributed by atoms with E-state index in [9.17, 15) is 14.4 Å². The van der Waals surface area contributed by atoms with Gasteiger partial charge in [0, 0.05) is 12.1 Å². The first-order chi connectivity index (χ1) is 12.6. The molecule has 0 radical (unpaired) electrons. The van der Waals surface area contributed by atoms with Gasteiger partial charge >= 0.3 is 5.97 Å². The Hall–Kier alpha value is -3.15. The third-order valence-electron chi connectivity index (χ3n) is 3.71. The number of nitrogens with one attached hydrogen (secondary N) is 1. The lowest BCUT2D eigenvalue weighted by Gasteiger charge is -2.13. The maximum atomic E-state index is 11.8. The SMILES string of the molecule is C[C@@H](CNC(=O)COC(=O)COc1ccc(C=O)cc1)c1ccccc1. The largest absolute Gasteiger partial charge is 0.482 e. The summed E-state index contributed by atoms with van der Waals surface area (Å²) >= 11 is 0. The Bertz CT molecular complexity index is 728. The highest BCUT2D eigenvalue weighted by Crippen LogP contribution is 2.13. The second-order valence-corrected chi connectivity index (χ2v) is 5.75. The molecular weight excluding hydrogens is 334 g/mol. The fourth-order valence-corrected chi connectivity index (χ4v) is 2.19. The van der Waals surface area contributed by atoms with Gasteiger partial charge in [-0.05, 0) is 35.7 Å². The predicted octanol–water partition coefficient (Wildman–Crippen LogP) is 2.34. The molecule has 6 nitrogen and oxygen atoms in total. The van der Waals surface area contributed by atoms with Crippen LogP contribution in [-0.4, -0.2) is 37.9 Å². The summed E-state index contributed by atoms with van der Waals surface area (Å²) in [5.74, 6) is -0.408. The van der Waals surface area contributed by atoms with Crippen molar-refractivity contribution in [2.24, 2.45) is 0 Å². The molecule has 0 saturated heterocycles. The van der Waals surface area contributed by atoms with Crippen LogP contribution in [0.4, 0.5) is 0 Å². The van der Waals surface area contributed by atoms with E-state index in [2.05, 4.69) is 5.32 Å². The van der Waals surface area contributed by atoms with Gasteiger partial charge in [0.25, 0.3) is 5.91 Å². The zero-order valence-corrected chi connectivity index (χ0v) is 14.5. The van der Waals surface area contributed by atoms with E-state index in [0.29, 0.717) is 17.9 Å². The minimum atomic E-state index is -0.643. The molecule has 0 saturated carbocycles. The first-order valence-corrected chi connectivity index (χ1v) is 8.24. The molecule has 1 N–H and O–H groups in total. The number of rotatable bonds is 9. The van der Waals surface area contributed by atoms with E-state index >= 15 is 0 Å². The molecule has 0 fully saturated rings. The Kier molecular flexibility index (Phi) is 7.36. The average Bonchev–Trinajstić information content (AvgIpc) is 2.69. The fraction of sp³-hybridized carbons (Fsp3) is 0.250. The number of esters is 1. The number of hydrogen-bond acceptors (Lipinski definition) is 5. The first kappa shape index (κ1) is 19.2. The highest BCUT2D eigenvalue weighted by atomic mass is 16.6. The van der Waals surface area contributed by atoms with Crippen LogP contribution in [0.3, 0.4) is 0 Å². The van der Waals surface area contributed by atoms with Gasteiger partial charge in [0.1, 0.15) is 12.0 Å². The van der Waals surface area contributed by atoms with Gasteiger partial charge in [-0.25, -0.2) is 4.79 Å². The third-order valence-corrected chi connectivity index (χ3v) is 3.71. The van der Waals surface area contributed by atoms with Crippen LogP contribution in [-0.2, 0) is 14.3 Å². The van der Waals surface area contributed by atoms with Crippen molar-refractivity contribution in [1.82, 2.24) is 5.32 Å². The molecule has 6 heteroatoms. The maximum Gasteiger partial charge on any atom is 0.344 e. The number of hydrogen-bond donors (Lipinski definition) is 1. The molecule has 2 rings (SSSR count). The number of carbonyl (C=O) groups excluding carboxylic acids is 3. The minimum absolute atomic E-state index is 0.161. The van der Waals surface area contributed by atoms with E-state index in [4.69, 9.17) is 9.47 Å². The summed E-state index contributed by atoms with van der Waals surface area (Å²) in [5, 5.41) is 2.73. The quantitative estimate of drug-likeness (QED) is 0.551. The highest BCUT2D eigenvalue weighted by Gasteiger charge is 2.10. The molecule has 0 aliphatic rings. The molecule has 1 atom stereocenters. The van der Waals surface area contributed by atoms with Crippen LogP contribution in [0, 0.1) is 0 Å². The number of benzene rings is 2. The molecule has 2 aromatic carbocycles. The van der Waals surface area contributed by atoms with E-state index < -0.39 is 5.97 Å². The summed E-state index contributed by atoms with van der Waals surface area (Å²) in [5.41, 5.74) is 1.64. The molecule has 0 aliphatic carbocycles. The number of amides is 1. The van der Waals surface area contributed by atoms with Crippen LogP contribution < -0.4 is 10.1 Å². The lowest BCUT2D eigenvalue weighted by atomic mass is 10.0. The number of ether oxygens (including phenoxy) is 2. The van der Waals surface area contributed by atoms with Gasteiger partial charge in [0.15, 0.2) is 13.2 Å². The normalized spacial score (nSPS) is 11.3. The Balaban J connectivity index is 1.64. The summed E-state index contributed by atoms with van der Waals surface area (Å²) in [6.45, 7) is 1.80. The maximum absolute atomic E-state index is 11.8. The number of aldehydes is 1. The highest BCUT2D eigenvalue weighted by molar-refractivity contribution is 5.81. The van der Waals surface area contributed by atoms with Gasteiger partial charge in [-0.3, -0.25) is 9.59 Å². The molecule has 0 spiro atoms. The monoisotopic (exact) mass is 355 g/mol. The van der Waals surface area contributed by atoms with E-state index in [0.717, 1.165) is 11.8 Å². The summed E-state index contributed by atoms with van der Waals surface area (Å²) < 4.78 is 10.1. The lowest BCUT2D eigenvalue weighted by molar-refractivity contribution is -0.150. The van der Waals surface area contributed by atoms with Crippen molar-refractivity contribution in [3.05, 3.63) is 65.7 Å². The van der Waals surface area contributed by atoms with Crippen LogP contribution in [0.1, 0.15) is 28.8 Å². The van der Waals surface area contributed by atoms with Crippen molar-refractivity contribution < 1.29 is 23.9 Å². The van der Waals surface area contributed by atoms with Crippen LogP contribution in [0.15, 0.2) is 54.6 Å². The molecule has 136 valence electrons. The van der Waals surface area contributed by atoms with Crippen molar-refractivity contribution >= 4 is 18.2 Å². The van der Waals surface area contributed by atoms with Crippen molar-refractivity contribution in [2.45, 2.75) is 12.8 Å². The second kappa shape index (κ2) is 9.98. The fourth-order valence-electron chi connectivity index (χ4n) is 2.19. The summed E-state index contributed by atoms with van der Waals surface area (Å²) in [7, 11) is 0. The Labute approximate surface area is 152 Å². The molecule has 0 heterocycles. The van der Waals surface area contributed by atoms with E-state index in [1.165, 1.54) is 0 Å². The van der Waals surface area contributed by atoms with Crippen molar-refractivity contribution in [2.75, 3.05) is 19.8 Å². The predicted molar refractivity (Wildman–Crippen MR) is 96.2 cm³/mol. The Morgan fingerprint density at radius 3 is 2.38 bits per heavy atom. The van der Waals surface area contributed by atoms with Crippen LogP contribution >= 0.6 is 0 Å². The van der Waals surface area contributed by atoms with Gasteiger partial charge in [0.2, 0.25) is 0 Å². The number of carbonyl (C=O) groups is 3. The molecule has 1 amide bonds. The summed E-state index contributed by atoms with van der Waals surface area (Å²) in [6.07, 6.45) is 0.718. The van der Waals surface area contributed by atoms with Crippen molar-refractivity contribution in [3.8, 4) is 5.75 Å². The van der Waals surface area contributed by atoms with Crippen LogP contribution in [0.25, 0.3) is 0 Å². The van der Waals surface area contributed by atoms with Crippen molar-refractivity contribution in [3.63, 3.8) is 0 Å². The minimum Gasteiger partial charge on any atom is -0.482 e. The van der Waals surface area contributed by atoms with E-state index in [-0.39, 0.29) is 25.0 Å². The average molecular weight is 355 g/mol. The molecule has 0 aromatic heterocycles. The van der Waals surface area contributed by atoms with Gasteiger partial charge < -0.3 is 14.8 Å². The summed E-state index contributed by atoms with van der Waals surface area (Å²) in [4.78, 5) is 33.9. The van der Waals surface area contributed by atoms with Gasteiger partial charge in [-0.2, -0.15) is 0 Å². The van der Waals surface area contributed by atoms with E-state index in [1.807, 2.05) is 37.3 Å². The van der Waals surface area contributed by atoms with Crippen LogP contribution in [0.5, 0.6) is 5.75 Å². The molecule has 2 aromatic rings. The standard InChI is InChI=1S/C20H21NO5/c1-15(17-5-3-2-4-6-17)11-21-19(23)13-26-20(24)14-25-18-9-7-16(12-22)8-10-18/h2-10,12,15H,11,13-14H2,1H3,(H,21,23)/t15-/m0/s1. The zero-order chi connectivity index (χ0) is 18.8. The topological polar surface area (TPSA) is 81.7 Å². The van der Waals surface area contributed by atoms with Gasteiger partial charge in [-0.15, -0.1) is 0 Å². The zero-order valence-electron chi connectivity index (χ0n) is 14.5. The van der Waals surface area contributed by atoms with Gasteiger partial charge in [0.05, 0.1) is 0 Å². The molecule has 26 heavy (non-hydrogen) atoms. The summed E-state index contributed by atoms with van der Waals surface area (Å²) in [6, 6.07) is 16.1. The molecular formula is C20H21NO5. The lowest BCUT2D eigenvalue weighted by Crippen LogP contribution is -2.32. The Morgan fingerprint density at radius 2 is 1.73 bits per heavy atom. The van der Waals surface area contributed by atoms with E-state index in [1.54, 1.807) is 24.3 Å². The Morgan fingerprint density at radius 1 is 1.04 bits per heavy atom. The van der Waals surface area contributed by atoms with Gasteiger partial charge in [-0.1, -0.05) is 37.3 Å². The van der Waals surface area contributed by atoms with Crippen molar-refractivity contribution in [1.29, 1.82) is 0 Å². The molecule has 0 aliphatic heterocycles. The second-order valence-electron chi connectivity index (χ2n) is 5.75. The first-order valence-electron chi connectivity index (χ1n) is 8.24. The molecule has 0 unspecified atom stereocenters.